The number of ether oxygens (including phenoxy) is 2. The summed E-state index contributed by atoms with van der Waals surface area (Å²) in [4.78, 5) is 24.9. The molecule has 0 saturated carbocycles. The first-order valence-corrected chi connectivity index (χ1v) is 8.78. The van der Waals surface area contributed by atoms with Crippen LogP contribution in [0.25, 0.3) is 0 Å². The Balaban J connectivity index is 1.56. The van der Waals surface area contributed by atoms with E-state index in [1.54, 1.807) is 23.1 Å². The largest absolute Gasteiger partial charge is 0.487 e. The smallest absolute Gasteiger partial charge is 0.341 e. The Bertz CT molecular complexity index is 865. The molecule has 8 heteroatoms. The second-order valence-electron chi connectivity index (χ2n) is 6.39. The summed E-state index contributed by atoms with van der Waals surface area (Å²) in [5, 5.41) is 8.66. The second kappa shape index (κ2) is 8.69. The highest BCUT2D eigenvalue weighted by Crippen LogP contribution is 2.24. The monoisotopic (exact) mass is 391 g/mol. The normalized spacial score (nSPS) is 14.6. The molecule has 1 aliphatic heterocycles. The van der Waals surface area contributed by atoms with Gasteiger partial charge in [0.2, 0.25) is 0 Å². The Morgan fingerprint density at radius 2 is 1.86 bits per heavy atom. The minimum Gasteiger partial charge on any atom is -0.487 e. The number of carboxylic acid groups (broad SMARTS) is 1. The molecule has 1 heterocycles. The van der Waals surface area contributed by atoms with Crippen LogP contribution in [0.5, 0.6) is 11.5 Å². The summed E-state index contributed by atoms with van der Waals surface area (Å²) in [7, 11) is 0. The number of halogens is 2. The van der Waals surface area contributed by atoms with Crippen molar-refractivity contribution in [2.75, 3.05) is 19.7 Å². The summed E-state index contributed by atoms with van der Waals surface area (Å²) < 4.78 is 37.4. The fourth-order valence-corrected chi connectivity index (χ4v) is 2.97. The third kappa shape index (κ3) is 4.97. The van der Waals surface area contributed by atoms with E-state index < -0.39 is 24.2 Å². The Labute approximate surface area is 160 Å². The van der Waals surface area contributed by atoms with Gasteiger partial charge in [0.05, 0.1) is 0 Å². The number of rotatable bonds is 6. The molecule has 2 aromatic rings. The lowest BCUT2D eigenvalue weighted by Gasteiger charge is -2.32. The molecule has 2 aromatic carbocycles. The molecule has 0 unspecified atom stereocenters. The average Bonchev–Trinajstić information content (AvgIpc) is 2.69. The number of hydrogen-bond donors (Lipinski definition) is 1. The Morgan fingerprint density at radius 1 is 1.11 bits per heavy atom. The molecule has 1 fully saturated rings. The zero-order chi connectivity index (χ0) is 20.1. The average molecular weight is 391 g/mol. The number of hydrogen-bond acceptors (Lipinski definition) is 4. The first kappa shape index (κ1) is 19.6. The molecule has 1 N–H and O–H groups in total. The third-order valence-corrected chi connectivity index (χ3v) is 4.36. The minimum atomic E-state index is -1.10. The molecule has 6 nitrogen and oxygen atoms in total. The molecule has 3 rings (SSSR count). The van der Waals surface area contributed by atoms with Gasteiger partial charge in [-0.15, -0.1) is 0 Å². The van der Waals surface area contributed by atoms with Gasteiger partial charge >= 0.3 is 5.97 Å². The van der Waals surface area contributed by atoms with Crippen molar-refractivity contribution in [3.63, 3.8) is 0 Å². The van der Waals surface area contributed by atoms with Crippen molar-refractivity contribution in [1.29, 1.82) is 0 Å². The Kier molecular flexibility index (Phi) is 6.08. The van der Waals surface area contributed by atoms with Gasteiger partial charge in [0.15, 0.2) is 18.2 Å². The molecule has 0 aromatic heterocycles. The maximum absolute atomic E-state index is 13.7. The number of amides is 1. The Hall–Kier alpha value is -3.16. The maximum atomic E-state index is 13.7. The van der Waals surface area contributed by atoms with E-state index in [1.807, 2.05) is 0 Å². The quantitative estimate of drug-likeness (QED) is 0.819. The SMILES string of the molecule is O=C(O)COc1cccc(C(=O)N2CCC(Oc3ccc(F)cc3F)CC2)c1. The van der Waals surface area contributed by atoms with Gasteiger partial charge in [0.1, 0.15) is 17.7 Å². The highest BCUT2D eigenvalue weighted by Gasteiger charge is 2.25. The van der Waals surface area contributed by atoms with E-state index in [2.05, 4.69) is 0 Å². The minimum absolute atomic E-state index is 0.00513. The van der Waals surface area contributed by atoms with E-state index in [1.165, 1.54) is 12.1 Å². The van der Waals surface area contributed by atoms with Crippen molar-refractivity contribution in [1.82, 2.24) is 4.90 Å². The van der Waals surface area contributed by atoms with Crippen LogP contribution in [0.4, 0.5) is 8.78 Å². The summed E-state index contributed by atoms with van der Waals surface area (Å²) in [6.07, 6.45) is 0.754. The van der Waals surface area contributed by atoms with E-state index in [0.717, 1.165) is 12.1 Å². The number of likely N-dealkylation sites (tertiary alicyclic amines) is 1. The molecule has 0 spiro atoms. The molecule has 28 heavy (non-hydrogen) atoms. The van der Waals surface area contributed by atoms with Crippen LogP contribution in [-0.2, 0) is 4.79 Å². The molecular weight excluding hydrogens is 372 g/mol. The van der Waals surface area contributed by atoms with E-state index in [-0.39, 0.29) is 17.8 Å². The van der Waals surface area contributed by atoms with E-state index in [4.69, 9.17) is 14.6 Å². The van der Waals surface area contributed by atoms with Crippen LogP contribution < -0.4 is 9.47 Å². The predicted molar refractivity (Wildman–Crippen MR) is 95.5 cm³/mol. The fraction of sp³-hybridized carbons (Fsp3) is 0.300. The van der Waals surface area contributed by atoms with Gasteiger partial charge in [-0.2, -0.15) is 0 Å². The van der Waals surface area contributed by atoms with Crippen molar-refractivity contribution in [3.05, 3.63) is 59.7 Å². The highest BCUT2D eigenvalue weighted by atomic mass is 19.1. The molecule has 1 aliphatic rings. The second-order valence-corrected chi connectivity index (χ2v) is 6.39. The standard InChI is InChI=1S/C20H19F2NO5/c21-14-4-5-18(17(22)11-14)28-15-6-8-23(9-7-15)20(26)13-2-1-3-16(10-13)27-12-19(24)25/h1-5,10-11,15H,6-9,12H2,(H,24,25). The number of carbonyl (C=O) groups excluding carboxylic acids is 1. The molecule has 148 valence electrons. The Morgan fingerprint density at radius 3 is 2.54 bits per heavy atom. The lowest BCUT2D eigenvalue weighted by Crippen LogP contribution is -2.41. The summed E-state index contributed by atoms with van der Waals surface area (Å²) in [5.41, 5.74) is 0.395. The summed E-state index contributed by atoms with van der Waals surface area (Å²) >= 11 is 0. The summed E-state index contributed by atoms with van der Waals surface area (Å²) in [6, 6.07) is 9.50. The lowest BCUT2D eigenvalue weighted by molar-refractivity contribution is -0.139. The number of carboxylic acids is 1. The predicted octanol–water partition coefficient (Wildman–Crippen LogP) is 3.11. The van der Waals surface area contributed by atoms with Gasteiger partial charge in [0.25, 0.3) is 5.91 Å². The zero-order valence-corrected chi connectivity index (χ0v) is 14.9. The van der Waals surface area contributed by atoms with E-state index in [0.29, 0.717) is 37.2 Å². The molecule has 0 radical (unpaired) electrons. The van der Waals surface area contributed by atoms with Gasteiger partial charge in [-0.3, -0.25) is 4.79 Å². The first-order valence-electron chi connectivity index (χ1n) is 8.78. The zero-order valence-electron chi connectivity index (χ0n) is 14.9. The van der Waals surface area contributed by atoms with Crippen molar-refractivity contribution in [3.8, 4) is 11.5 Å². The number of benzene rings is 2. The molecule has 0 bridgehead atoms. The third-order valence-electron chi connectivity index (χ3n) is 4.36. The molecule has 0 aliphatic carbocycles. The van der Waals surface area contributed by atoms with Crippen molar-refractivity contribution in [2.24, 2.45) is 0 Å². The van der Waals surface area contributed by atoms with Gasteiger partial charge in [-0.25, -0.2) is 13.6 Å². The lowest BCUT2D eigenvalue weighted by atomic mass is 10.1. The maximum Gasteiger partial charge on any atom is 0.341 e. The van der Waals surface area contributed by atoms with Crippen LogP contribution in [0.3, 0.4) is 0 Å². The van der Waals surface area contributed by atoms with E-state index in [9.17, 15) is 18.4 Å². The molecular formula is C20H19F2NO5. The van der Waals surface area contributed by atoms with Crippen LogP contribution in [0, 0.1) is 11.6 Å². The number of carbonyl (C=O) groups is 2. The summed E-state index contributed by atoms with van der Waals surface area (Å²) in [6.45, 7) is 0.360. The van der Waals surface area contributed by atoms with Crippen molar-refractivity contribution >= 4 is 11.9 Å². The number of piperidine rings is 1. The molecule has 0 atom stereocenters. The number of aliphatic carboxylic acids is 1. The van der Waals surface area contributed by atoms with Gasteiger partial charge in [0, 0.05) is 37.6 Å². The van der Waals surface area contributed by atoms with Crippen molar-refractivity contribution in [2.45, 2.75) is 18.9 Å². The molecule has 1 saturated heterocycles. The molecule has 1 amide bonds. The van der Waals surface area contributed by atoms with Gasteiger partial charge < -0.3 is 19.5 Å². The van der Waals surface area contributed by atoms with Crippen LogP contribution in [0.2, 0.25) is 0 Å². The fourth-order valence-electron chi connectivity index (χ4n) is 2.97. The topological polar surface area (TPSA) is 76.1 Å². The number of nitrogens with zero attached hydrogens (tertiary/aromatic N) is 1. The van der Waals surface area contributed by atoms with Crippen LogP contribution in [-0.4, -0.2) is 47.7 Å². The van der Waals surface area contributed by atoms with E-state index >= 15 is 0 Å². The highest BCUT2D eigenvalue weighted by molar-refractivity contribution is 5.94. The van der Waals surface area contributed by atoms with Crippen LogP contribution >= 0.6 is 0 Å². The van der Waals surface area contributed by atoms with Crippen LogP contribution in [0.1, 0.15) is 23.2 Å². The van der Waals surface area contributed by atoms with Gasteiger partial charge in [-0.1, -0.05) is 6.07 Å². The van der Waals surface area contributed by atoms with Gasteiger partial charge in [-0.05, 0) is 30.3 Å². The first-order chi connectivity index (χ1) is 13.4. The van der Waals surface area contributed by atoms with Crippen LogP contribution in [0.15, 0.2) is 42.5 Å². The van der Waals surface area contributed by atoms with Crippen molar-refractivity contribution < 1.29 is 33.0 Å². The summed E-state index contributed by atoms with van der Waals surface area (Å²) in [5.74, 6) is -2.42.